The first-order chi connectivity index (χ1) is 14.0. The molecule has 0 aliphatic carbocycles. The Kier molecular flexibility index (Phi) is 6.09. The summed E-state index contributed by atoms with van der Waals surface area (Å²) in [5.74, 6) is -1.32. The number of benzene rings is 2. The molecule has 1 heterocycles. The first-order valence-corrected chi connectivity index (χ1v) is 9.06. The van der Waals surface area contributed by atoms with Gasteiger partial charge in [0.1, 0.15) is 11.3 Å². The van der Waals surface area contributed by atoms with Crippen LogP contribution in [0.3, 0.4) is 0 Å². The maximum Gasteiger partial charge on any atom is 0.357 e. The van der Waals surface area contributed by atoms with Gasteiger partial charge in [0.05, 0.1) is 19.9 Å². The van der Waals surface area contributed by atoms with Crippen molar-refractivity contribution < 1.29 is 19.1 Å². The van der Waals surface area contributed by atoms with Gasteiger partial charge in [-0.1, -0.05) is 42.5 Å². The van der Waals surface area contributed by atoms with Crippen LogP contribution in [0.2, 0.25) is 0 Å². The molecule has 0 atom stereocenters. The standard InChI is InChI=1S/C22H23N3O4/c1-24(2)14-15-10-8-9-13-17(15)19-18(21(26)28-3)20(22(27)29-4)25(23-19)16-11-6-5-7-12-16/h5-13H,14H2,1-4H3. The molecular formula is C22H23N3O4. The second-order valence-electron chi connectivity index (χ2n) is 6.70. The van der Waals surface area contributed by atoms with Gasteiger partial charge in [-0.05, 0) is 31.8 Å². The molecule has 3 rings (SSSR count). The predicted octanol–water partition coefficient (Wildman–Crippen LogP) is 3.17. The highest BCUT2D eigenvalue weighted by molar-refractivity contribution is 6.07. The summed E-state index contributed by atoms with van der Waals surface area (Å²) in [6.45, 7) is 0.641. The molecule has 0 radical (unpaired) electrons. The maximum atomic E-state index is 12.7. The van der Waals surface area contributed by atoms with Crippen LogP contribution in [-0.4, -0.2) is 54.9 Å². The Balaban J connectivity index is 2.35. The number of carbonyl (C=O) groups excluding carboxylic acids is 2. The van der Waals surface area contributed by atoms with E-state index in [1.54, 1.807) is 12.1 Å². The second-order valence-corrected chi connectivity index (χ2v) is 6.70. The Hall–Kier alpha value is -3.45. The average Bonchev–Trinajstić information content (AvgIpc) is 3.13. The van der Waals surface area contributed by atoms with Crippen molar-refractivity contribution in [3.63, 3.8) is 0 Å². The lowest BCUT2D eigenvalue weighted by atomic mass is 10.00. The van der Waals surface area contributed by atoms with Crippen molar-refractivity contribution in [2.24, 2.45) is 0 Å². The summed E-state index contributed by atoms with van der Waals surface area (Å²) < 4.78 is 11.4. The van der Waals surface area contributed by atoms with Gasteiger partial charge in [0.2, 0.25) is 0 Å². The lowest BCUT2D eigenvalue weighted by Gasteiger charge is -2.13. The first-order valence-electron chi connectivity index (χ1n) is 9.06. The molecular weight excluding hydrogens is 370 g/mol. The molecule has 1 aromatic heterocycles. The van der Waals surface area contributed by atoms with Crippen molar-refractivity contribution in [2.45, 2.75) is 6.54 Å². The van der Waals surface area contributed by atoms with Gasteiger partial charge in [0, 0.05) is 12.1 Å². The number of aromatic nitrogens is 2. The molecule has 0 aliphatic rings. The zero-order valence-corrected chi connectivity index (χ0v) is 16.9. The van der Waals surface area contributed by atoms with Crippen molar-refractivity contribution in [3.8, 4) is 16.9 Å². The molecule has 150 valence electrons. The first kappa shape index (κ1) is 20.3. The molecule has 0 saturated carbocycles. The van der Waals surface area contributed by atoms with Gasteiger partial charge in [-0.3, -0.25) is 0 Å². The van der Waals surface area contributed by atoms with Gasteiger partial charge >= 0.3 is 11.9 Å². The number of nitrogens with zero attached hydrogens (tertiary/aromatic N) is 3. The monoisotopic (exact) mass is 393 g/mol. The number of hydrogen-bond donors (Lipinski definition) is 0. The van der Waals surface area contributed by atoms with Gasteiger partial charge in [-0.2, -0.15) is 5.10 Å². The van der Waals surface area contributed by atoms with Crippen LogP contribution in [0.15, 0.2) is 54.6 Å². The van der Waals surface area contributed by atoms with Crippen molar-refractivity contribution in [3.05, 3.63) is 71.4 Å². The van der Waals surface area contributed by atoms with Gasteiger partial charge in [0.15, 0.2) is 5.69 Å². The van der Waals surface area contributed by atoms with Crippen LogP contribution in [-0.2, 0) is 16.0 Å². The van der Waals surface area contributed by atoms with E-state index in [-0.39, 0.29) is 11.3 Å². The summed E-state index contributed by atoms with van der Waals surface area (Å²) >= 11 is 0. The largest absolute Gasteiger partial charge is 0.465 e. The molecule has 7 nitrogen and oxygen atoms in total. The van der Waals surface area contributed by atoms with Gasteiger partial charge < -0.3 is 14.4 Å². The Bertz CT molecular complexity index is 1030. The molecule has 0 amide bonds. The Morgan fingerprint density at radius 3 is 2.17 bits per heavy atom. The number of esters is 2. The van der Waals surface area contributed by atoms with E-state index in [4.69, 9.17) is 9.47 Å². The number of ether oxygens (including phenoxy) is 2. The van der Waals surface area contributed by atoms with E-state index in [1.807, 2.05) is 61.5 Å². The zero-order valence-electron chi connectivity index (χ0n) is 16.9. The summed E-state index contributed by atoms with van der Waals surface area (Å²) in [7, 11) is 6.46. The average molecular weight is 393 g/mol. The molecule has 2 aromatic carbocycles. The van der Waals surface area contributed by atoms with Gasteiger partial charge in [0.25, 0.3) is 0 Å². The maximum absolute atomic E-state index is 12.7. The van der Waals surface area contributed by atoms with Crippen LogP contribution < -0.4 is 0 Å². The third-order valence-corrected chi connectivity index (χ3v) is 4.41. The van der Waals surface area contributed by atoms with Crippen molar-refractivity contribution >= 4 is 11.9 Å². The fourth-order valence-corrected chi connectivity index (χ4v) is 3.17. The summed E-state index contributed by atoms with van der Waals surface area (Å²) in [5, 5.41) is 4.65. The number of carbonyl (C=O) groups is 2. The van der Waals surface area contributed by atoms with E-state index < -0.39 is 11.9 Å². The summed E-state index contributed by atoms with van der Waals surface area (Å²) in [6.07, 6.45) is 0. The Morgan fingerprint density at radius 2 is 1.55 bits per heavy atom. The number of rotatable bonds is 6. The second kappa shape index (κ2) is 8.70. The van der Waals surface area contributed by atoms with Crippen LogP contribution in [0, 0.1) is 0 Å². The highest BCUT2D eigenvalue weighted by Crippen LogP contribution is 2.31. The molecule has 0 saturated heterocycles. The van der Waals surface area contributed by atoms with E-state index >= 15 is 0 Å². The quantitative estimate of drug-likeness (QED) is 0.599. The minimum absolute atomic E-state index is 0.0280. The van der Waals surface area contributed by atoms with Crippen LogP contribution in [0.25, 0.3) is 16.9 Å². The number of para-hydroxylation sites is 1. The number of hydrogen-bond acceptors (Lipinski definition) is 6. The lowest BCUT2D eigenvalue weighted by molar-refractivity contribution is 0.0549. The molecule has 0 spiro atoms. The van der Waals surface area contributed by atoms with Crippen LogP contribution in [0.5, 0.6) is 0 Å². The lowest BCUT2D eigenvalue weighted by Crippen LogP contribution is -2.15. The van der Waals surface area contributed by atoms with Crippen LogP contribution in [0.1, 0.15) is 26.4 Å². The topological polar surface area (TPSA) is 73.7 Å². The van der Waals surface area contributed by atoms with Crippen molar-refractivity contribution in [1.82, 2.24) is 14.7 Å². The Morgan fingerprint density at radius 1 is 0.931 bits per heavy atom. The Labute approximate surface area is 169 Å². The summed E-state index contributed by atoms with van der Waals surface area (Å²) in [4.78, 5) is 27.4. The van der Waals surface area contributed by atoms with E-state index in [1.165, 1.54) is 18.9 Å². The van der Waals surface area contributed by atoms with E-state index in [0.29, 0.717) is 17.9 Å². The van der Waals surface area contributed by atoms with Crippen LogP contribution >= 0.6 is 0 Å². The molecule has 0 aliphatic heterocycles. The van der Waals surface area contributed by atoms with Crippen LogP contribution in [0.4, 0.5) is 0 Å². The normalized spacial score (nSPS) is 10.8. The van der Waals surface area contributed by atoms with E-state index in [9.17, 15) is 9.59 Å². The molecule has 0 bridgehead atoms. The fourth-order valence-electron chi connectivity index (χ4n) is 3.17. The molecule has 0 fully saturated rings. The summed E-state index contributed by atoms with van der Waals surface area (Å²) in [6, 6.07) is 16.8. The minimum Gasteiger partial charge on any atom is -0.465 e. The molecule has 7 heteroatoms. The summed E-state index contributed by atoms with van der Waals surface area (Å²) in [5.41, 5.74) is 2.83. The minimum atomic E-state index is -0.668. The SMILES string of the molecule is COC(=O)c1c(-c2ccccc2CN(C)C)nn(-c2ccccc2)c1C(=O)OC. The number of methoxy groups -OCH3 is 2. The predicted molar refractivity (Wildman–Crippen MR) is 109 cm³/mol. The zero-order chi connectivity index (χ0) is 21.0. The molecule has 0 unspecified atom stereocenters. The highest BCUT2D eigenvalue weighted by atomic mass is 16.5. The smallest absolute Gasteiger partial charge is 0.357 e. The molecule has 0 N–H and O–H groups in total. The van der Waals surface area contributed by atoms with E-state index in [0.717, 1.165) is 11.1 Å². The van der Waals surface area contributed by atoms with Gasteiger partial charge in [-0.15, -0.1) is 0 Å². The van der Waals surface area contributed by atoms with Gasteiger partial charge in [-0.25, -0.2) is 14.3 Å². The fraction of sp³-hybridized carbons (Fsp3) is 0.227. The van der Waals surface area contributed by atoms with Crippen molar-refractivity contribution in [2.75, 3.05) is 28.3 Å². The molecule has 3 aromatic rings. The highest BCUT2D eigenvalue weighted by Gasteiger charge is 2.32. The molecule has 29 heavy (non-hydrogen) atoms. The van der Waals surface area contributed by atoms with E-state index in [2.05, 4.69) is 5.10 Å². The third-order valence-electron chi connectivity index (χ3n) is 4.41. The van der Waals surface area contributed by atoms with Crippen molar-refractivity contribution in [1.29, 1.82) is 0 Å². The third kappa shape index (κ3) is 4.05.